The average molecular weight is 371 g/mol. The summed E-state index contributed by atoms with van der Waals surface area (Å²) in [6.45, 7) is 3.89. The molecule has 1 aromatic carbocycles. The number of nitrogens with one attached hydrogen (secondary N) is 2. The lowest BCUT2D eigenvalue weighted by molar-refractivity contribution is -0.136. The number of carbonyl (C=O) groups is 3. The fraction of sp³-hybridized carbons (Fsp3) is 0.571. The van der Waals surface area contributed by atoms with Gasteiger partial charge in [0.1, 0.15) is 12.1 Å². The largest absolute Gasteiger partial charge is 0.352 e. The molecule has 27 heavy (non-hydrogen) atoms. The molecule has 0 unspecified atom stereocenters. The fourth-order valence-corrected chi connectivity index (χ4v) is 3.98. The summed E-state index contributed by atoms with van der Waals surface area (Å²) in [5.74, 6) is 0.0370. The van der Waals surface area contributed by atoms with Crippen LogP contribution in [0.25, 0.3) is 0 Å². The van der Waals surface area contributed by atoms with Crippen molar-refractivity contribution in [2.75, 3.05) is 6.54 Å². The standard InChI is InChI=1S/C21H29N3O3/c1-15-10-12-21(13-11-15)19(26)24(20(27)23-21)14-18(25)22-16(2)8-9-17-6-4-3-5-7-17/h3-7,15-16H,8-14H2,1-2H3,(H,22,25)(H,23,27)/t15?,16-,21?/m1/s1. The summed E-state index contributed by atoms with van der Waals surface area (Å²) in [6.07, 6.45) is 4.82. The number of amides is 4. The smallest absolute Gasteiger partial charge is 0.325 e. The minimum absolute atomic E-state index is 0.0250. The molecule has 146 valence electrons. The highest BCUT2D eigenvalue weighted by Gasteiger charge is 2.52. The van der Waals surface area contributed by atoms with E-state index in [1.54, 1.807) is 0 Å². The van der Waals surface area contributed by atoms with Crippen molar-refractivity contribution in [2.45, 2.75) is 64.0 Å². The van der Waals surface area contributed by atoms with Gasteiger partial charge in [-0.15, -0.1) is 0 Å². The molecule has 0 radical (unpaired) electrons. The van der Waals surface area contributed by atoms with Gasteiger partial charge in [-0.2, -0.15) is 0 Å². The molecule has 0 bridgehead atoms. The molecule has 2 fully saturated rings. The summed E-state index contributed by atoms with van der Waals surface area (Å²) < 4.78 is 0. The van der Waals surface area contributed by atoms with Crippen LogP contribution in [0.2, 0.25) is 0 Å². The molecule has 2 aliphatic rings. The van der Waals surface area contributed by atoms with E-state index in [0.29, 0.717) is 18.8 Å². The molecule has 1 aromatic rings. The third kappa shape index (κ3) is 4.49. The quantitative estimate of drug-likeness (QED) is 0.755. The van der Waals surface area contributed by atoms with E-state index in [4.69, 9.17) is 0 Å². The van der Waals surface area contributed by atoms with Crippen LogP contribution in [-0.4, -0.2) is 40.9 Å². The number of aryl methyl sites for hydroxylation is 1. The van der Waals surface area contributed by atoms with Crippen LogP contribution >= 0.6 is 0 Å². The highest BCUT2D eigenvalue weighted by molar-refractivity contribution is 6.09. The van der Waals surface area contributed by atoms with Crippen LogP contribution in [0.1, 0.15) is 51.5 Å². The van der Waals surface area contributed by atoms with E-state index in [1.165, 1.54) is 5.56 Å². The first-order valence-electron chi connectivity index (χ1n) is 9.87. The Morgan fingerprint density at radius 3 is 2.59 bits per heavy atom. The van der Waals surface area contributed by atoms with Crippen molar-refractivity contribution in [3.05, 3.63) is 35.9 Å². The van der Waals surface area contributed by atoms with Crippen LogP contribution in [0.15, 0.2) is 30.3 Å². The first kappa shape index (κ1) is 19.4. The van der Waals surface area contributed by atoms with Crippen molar-refractivity contribution >= 4 is 17.8 Å². The lowest BCUT2D eigenvalue weighted by atomic mass is 9.77. The second-order valence-corrected chi connectivity index (χ2v) is 8.08. The first-order chi connectivity index (χ1) is 12.9. The van der Waals surface area contributed by atoms with Crippen molar-refractivity contribution in [3.63, 3.8) is 0 Å². The van der Waals surface area contributed by atoms with E-state index < -0.39 is 11.6 Å². The maximum Gasteiger partial charge on any atom is 0.325 e. The van der Waals surface area contributed by atoms with E-state index in [2.05, 4.69) is 29.7 Å². The van der Waals surface area contributed by atoms with Gasteiger partial charge in [0, 0.05) is 6.04 Å². The van der Waals surface area contributed by atoms with Crippen LogP contribution in [0.3, 0.4) is 0 Å². The van der Waals surface area contributed by atoms with Gasteiger partial charge >= 0.3 is 6.03 Å². The molecule has 1 saturated carbocycles. The molecule has 1 aliphatic heterocycles. The maximum atomic E-state index is 12.8. The number of nitrogens with zero attached hydrogens (tertiary/aromatic N) is 1. The molecule has 3 rings (SSSR count). The highest BCUT2D eigenvalue weighted by atomic mass is 16.2. The predicted molar refractivity (Wildman–Crippen MR) is 103 cm³/mol. The summed E-state index contributed by atoms with van der Waals surface area (Å²) in [5.41, 5.74) is 0.434. The van der Waals surface area contributed by atoms with Gasteiger partial charge in [0.25, 0.3) is 5.91 Å². The molecule has 1 saturated heterocycles. The van der Waals surface area contributed by atoms with Gasteiger partial charge in [0.2, 0.25) is 5.91 Å². The molecule has 6 heteroatoms. The van der Waals surface area contributed by atoms with Crippen LogP contribution in [-0.2, 0) is 16.0 Å². The van der Waals surface area contributed by atoms with Crippen molar-refractivity contribution in [3.8, 4) is 0 Å². The van der Waals surface area contributed by atoms with Gasteiger partial charge in [-0.05, 0) is 56.9 Å². The third-order valence-electron chi connectivity index (χ3n) is 5.79. The zero-order valence-electron chi connectivity index (χ0n) is 16.2. The third-order valence-corrected chi connectivity index (χ3v) is 5.79. The Morgan fingerprint density at radius 2 is 1.93 bits per heavy atom. The number of hydrogen-bond donors (Lipinski definition) is 2. The van der Waals surface area contributed by atoms with Gasteiger partial charge in [0.15, 0.2) is 0 Å². The van der Waals surface area contributed by atoms with E-state index in [9.17, 15) is 14.4 Å². The monoisotopic (exact) mass is 371 g/mol. The van der Waals surface area contributed by atoms with E-state index >= 15 is 0 Å². The van der Waals surface area contributed by atoms with Gasteiger partial charge in [-0.1, -0.05) is 37.3 Å². The lowest BCUT2D eigenvalue weighted by Crippen LogP contribution is -2.50. The minimum Gasteiger partial charge on any atom is -0.352 e. The van der Waals surface area contributed by atoms with Gasteiger partial charge in [-0.25, -0.2) is 4.79 Å². The van der Waals surface area contributed by atoms with Crippen molar-refractivity contribution in [2.24, 2.45) is 5.92 Å². The highest BCUT2D eigenvalue weighted by Crippen LogP contribution is 2.36. The van der Waals surface area contributed by atoms with Crippen molar-refractivity contribution < 1.29 is 14.4 Å². The average Bonchev–Trinajstić information content (AvgIpc) is 2.88. The predicted octanol–water partition coefficient (Wildman–Crippen LogP) is 2.62. The van der Waals surface area contributed by atoms with Crippen molar-refractivity contribution in [1.29, 1.82) is 0 Å². The zero-order chi connectivity index (χ0) is 19.4. The number of hydrogen-bond acceptors (Lipinski definition) is 3. The summed E-state index contributed by atoms with van der Waals surface area (Å²) in [4.78, 5) is 38.5. The van der Waals surface area contributed by atoms with E-state index in [1.807, 2.05) is 25.1 Å². The molecule has 1 heterocycles. The second kappa shape index (κ2) is 8.11. The second-order valence-electron chi connectivity index (χ2n) is 8.08. The summed E-state index contributed by atoms with van der Waals surface area (Å²) >= 11 is 0. The van der Waals surface area contributed by atoms with Gasteiger partial charge in [-0.3, -0.25) is 14.5 Å². The van der Waals surface area contributed by atoms with Crippen LogP contribution in [0, 0.1) is 5.92 Å². The minimum atomic E-state index is -0.789. The maximum absolute atomic E-state index is 12.8. The normalized spacial score (nSPS) is 26.1. The Balaban J connectivity index is 1.50. The van der Waals surface area contributed by atoms with Gasteiger partial charge < -0.3 is 10.6 Å². The Bertz CT molecular complexity index is 696. The first-order valence-corrected chi connectivity index (χ1v) is 9.87. The van der Waals surface area contributed by atoms with Crippen molar-refractivity contribution in [1.82, 2.24) is 15.5 Å². The summed E-state index contributed by atoms with van der Waals surface area (Å²) in [7, 11) is 0. The molecular formula is C21H29N3O3. The Morgan fingerprint density at radius 1 is 1.26 bits per heavy atom. The number of urea groups is 1. The lowest BCUT2D eigenvalue weighted by Gasteiger charge is -2.33. The van der Waals surface area contributed by atoms with Gasteiger partial charge in [0.05, 0.1) is 0 Å². The van der Waals surface area contributed by atoms with Crippen LogP contribution < -0.4 is 10.6 Å². The zero-order valence-corrected chi connectivity index (χ0v) is 16.2. The van der Waals surface area contributed by atoms with Crippen LogP contribution in [0.4, 0.5) is 4.79 Å². The number of benzene rings is 1. The molecule has 2 N–H and O–H groups in total. The van der Waals surface area contributed by atoms with Crippen LogP contribution in [0.5, 0.6) is 0 Å². The molecule has 4 amide bonds. The Hall–Kier alpha value is -2.37. The molecule has 1 aliphatic carbocycles. The molecular weight excluding hydrogens is 342 g/mol. The number of carbonyl (C=O) groups excluding carboxylic acids is 3. The number of rotatable bonds is 6. The summed E-state index contributed by atoms with van der Waals surface area (Å²) in [6, 6.07) is 9.63. The molecule has 1 atom stereocenters. The fourth-order valence-electron chi connectivity index (χ4n) is 3.98. The molecule has 6 nitrogen and oxygen atoms in total. The Labute approximate surface area is 160 Å². The number of imide groups is 1. The molecule has 1 spiro atoms. The van der Waals surface area contributed by atoms with E-state index in [0.717, 1.165) is 30.6 Å². The molecule has 0 aromatic heterocycles. The topological polar surface area (TPSA) is 78.5 Å². The SMILES string of the molecule is CC1CCC2(CC1)NC(=O)N(CC(=O)N[C@H](C)CCc1ccccc1)C2=O. The van der Waals surface area contributed by atoms with E-state index in [-0.39, 0.29) is 24.4 Å². The summed E-state index contributed by atoms with van der Waals surface area (Å²) in [5, 5.41) is 5.76. The Kier molecular flexibility index (Phi) is 5.82.